The van der Waals surface area contributed by atoms with Crippen LogP contribution in [0.2, 0.25) is 0 Å². The van der Waals surface area contributed by atoms with E-state index in [0.717, 1.165) is 22.0 Å². The molecular weight excluding hydrogens is 419 g/mol. The summed E-state index contributed by atoms with van der Waals surface area (Å²) in [5.74, 6) is 6.40. The Labute approximate surface area is 188 Å². The second-order valence-electron chi connectivity index (χ2n) is 7.27. The van der Waals surface area contributed by atoms with Crippen LogP contribution in [0.1, 0.15) is 22.4 Å². The van der Waals surface area contributed by atoms with Gasteiger partial charge in [-0.1, -0.05) is 5.92 Å². The lowest BCUT2D eigenvalue weighted by Crippen LogP contribution is -2.07. The number of benzene rings is 1. The van der Waals surface area contributed by atoms with E-state index in [4.69, 9.17) is 0 Å². The van der Waals surface area contributed by atoms with E-state index in [9.17, 15) is 4.39 Å². The molecule has 0 atom stereocenters. The zero-order valence-corrected chi connectivity index (χ0v) is 17.5. The van der Waals surface area contributed by atoms with Gasteiger partial charge in [-0.05, 0) is 54.8 Å². The number of nitrogens with one attached hydrogen (secondary N) is 2. The van der Waals surface area contributed by atoms with Crippen molar-refractivity contribution in [3.8, 4) is 23.4 Å². The average Bonchev–Trinajstić information content (AvgIpc) is 3.32. The largest absolute Gasteiger partial charge is 0.350 e. The number of aromatic nitrogens is 7. The minimum absolute atomic E-state index is 0.206. The van der Waals surface area contributed by atoms with E-state index in [0.29, 0.717) is 28.7 Å². The minimum atomic E-state index is -0.522. The molecule has 0 radical (unpaired) electrons. The van der Waals surface area contributed by atoms with Crippen molar-refractivity contribution in [2.75, 3.05) is 5.32 Å². The molecule has 0 aliphatic heterocycles. The molecule has 160 valence electrons. The van der Waals surface area contributed by atoms with Crippen molar-refractivity contribution in [3.63, 3.8) is 0 Å². The second kappa shape index (κ2) is 8.80. The van der Waals surface area contributed by atoms with Gasteiger partial charge in [-0.25, -0.2) is 24.9 Å². The molecular formula is C24H17FN8. The number of pyridine rings is 1. The lowest BCUT2D eigenvalue weighted by atomic mass is 10.1. The van der Waals surface area contributed by atoms with Crippen LogP contribution in [0.15, 0.2) is 61.2 Å². The lowest BCUT2D eigenvalue weighted by Gasteiger charge is -2.07. The van der Waals surface area contributed by atoms with Crippen LogP contribution in [-0.2, 0) is 6.54 Å². The van der Waals surface area contributed by atoms with E-state index in [-0.39, 0.29) is 6.54 Å². The Morgan fingerprint density at radius 3 is 2.82 bits per heavy atom. The Bertz CT molecular complexity index is 1520. The van der Waals surface area contributed by atoms with Crippen LogP contribution in [0, 0.1) is 24.7 Å². The molecule has 4 heterocycles. The summed E-state index contributed by atoms with van der Waals surface area (Å²) < 4.78 is 13.9. The number of aryl methyl sites for hydroxylation is 1. The second-order valence-corrected chi connectivity index (χ2v) is 7.27. The van der Waals surface area contributed by atoms with Gasteiger partial charge < -0.3 is 5.32 Å². The van der Waals surface area contributed by atoms with Crippen LogP contribution >= 0.6 is 0 Å². The molecule has 5 aromatic rings. The third kappa shape index (κ3) is 4.65. The summed E-state index contributed by atoms with van der Waals surface area (Å²) in [7, 11) is 0. The molecule has 33 heavy (non-hydrogen) atoms. The molecule has 0 fully saturated rings. The topological polar surface area (TPSA) is 105 Å². The molecule has 0 bridgehead atoms. The first-order valence-electron chi connectivity index (χ1n) is 10.1. The Hall–Kier alpha value is -4.71. The molecule has 0 spiro atoms. The third-order valence-electron chi connectivity index (χ3n) is 4.80. The van der Waals surface area contributed by atoms with Gasteiger partial charge in [-0.15, -0.1) is 0 Å². The summed E-state index contributed by atoms with van der Waals surface area (Å²) in [6, 6.07) is 11.0. The number of H-pyrrole nitrogens is 1. The van der Waals surface area contributed by atoms with Crippen LogP contribution < -0.4 is 5.32 Å². The van der Waals surface area contributed by atoms with Gasteiger partial charge in [0.05, 0.1) is 11.7 Å². The summed E-state index contributed by atoms with van der Waals surface area (Å²) >= 11 is 0. The van der Waals surface area contributed by atoms with Crippen molar-refractivity contribution in [2.45, 2.75) is 13.5 Å². The smallest absolute Gasteiger partial charge is 0.223 e. The zero-order valence-electron chi connectivity index (χ0n) is 17.5. The zero-order chi connectivity index (χ0) is 22.6. The fourth-order valence-corrected chi connectivity index (χ4v) is 3.19. The van der Waals surface area contributed by atoms with Gasteiger partial charge in [-0.3, -0.25) is 5.10 Å². The van der Waals surface area contributed by atoms with Crippen molar-refractivity contribution in [1.82, 2.24) is 35.1 Å². The van der Waals surface area contributed by atoms with Gasteiger partial charge in [0, 0.05) is 41.6 Å². The quantitative estimate of drug-likeness (QED) is 0.327. The summed E-state index contributed by atoms with van der Waals surface area (Å²) in [6.07, 6.45) is 6.47. The summed E-state index contributed by atoms with van der Waals surface area (Å²) in [5.41, 5.74) is 4.21. The van der Waals surface area contributed by atoms with Crippen LogP contribution in [0.5, 0.6) is 0 Å². The monoisotopic (exact) mass is 436 g/mol. The van der Waals surface area contributed by atoms with Crippen molar-refractivity contribution in [1.29, 1.82) is 0 Å². The Kier molecular flexibility index (Phi) is 5.39. The molecule has 0 amide bonds. The predicted octanol–water partition coefficient (Wildman–Crippen LogP) is 3.66. The average molecular weight is 436 g/mol. The van der Waals surface area contributed by atoms with Crippen LogP contribution in [-0.4, -0.2) is 35.1 Å². The van der Waals surface area contributed by atoms with Crippen molar-refractivity contribution >= 4 is 16.9 Å². The van der Waals surface area contributed by atoms with Crippen molar-refractivity contribution in [2.24, 2.45) is 0 Å². The number of anilines is 1. The number of hydrogen-bond donors (Lipinski definition) is 2. The summed E-state index contributed by atoms with van der Waals surface area (Å²) in [4.78, 5) is 21.2. The first-order valence-corrected chi connectivity index (χ1v) is 10.1. The molecule has 0 saturated heterocycles. The van der Waals surface area contributed by atoms with Crippen molar-refractivity contribution in [3.05, 3.63) is 89.5 Å². The molecule has 1 aromatic carbocycles. The number of aromatic amines is 1. The molecule has 0 aliphatic carbocycles. The first kappa shape index (κ1) is 20.2. The van der Waals surface area contributed by atoms with Crippen LogP contribution in [0.25, 0.3) is 22.4 Å². The van der Waals surface area contributed by atoms with Gasteiger partial charge >= 0.3 is 0 Å². The highest BCUT2D eigenvalue weighted by atomic mass is 19.1. The summed E-state index contributed by atoms with van der Waals surface area (Å²) in [6.45, 7) is 2.06. The number of nitrogens with zero attached hydrogens (tertiary/aromatic N) is 6. The predicted molar refractivity (Wildman–Crippen MR) is 121 cm³/mol. The number of hydrogen-bond acceptors (Lipinski definition) is 7. The highest BCUT2D eigenvalue weighted by molar-refractivity contribution is 5.79. The molecule has 4 aromatic heterocycles. The van der Waals surface area contributed by atoms with E-state index in [1.807, 2.05) is 25.1 Å². The van der Waals surface area contributed by atoms with Gasteiger partial charge in [-0.2, -0.15) is 9.49 Å². The fraction of sp³-hybridized carbons (Fsp3) is 0.0833. The van der Waals surface area contributed by atoms with E-state index >= 15 is 0 Å². The van der Waals surface area contributed by atoms with Crippen molar-refractivity contribution < 1.29 is 4.39 Å². The standard InChI is InChI=1S/C24H17FN8/c1-15-10-18(22(25)28-12-15)13-29-24-27-9-7-21(32-24)23-26-8-6-19(31-23)4-2-16-3-5-20-17(11-16)14-30-33-20/h3,5-12,14H,13H2,1H3,(H,30,33)(H,27,29,32). The van der Waals surface area contributed by atoms with Gasteiger partial charge in [0.15, 0.2) is 5.82 Å². The maximum atomic E-state index is 13.9. The molecule has 0 saturated carbocycles. The Morgan fingerprint density at radius 1 is 0.970 bits per heavy atom. The first-order chi connectivity index (χ1) is 16.1. The lowest BCUT2D eigenvalue weighted by molar-refractivity contribution is 0.568. The molecule has 0 unspecified atom stereocenters. The van der Waals surface area contributed by atoms with E-state index in [1.165, 1.54) is 6.20 Å². The normalized spacial score (nSPS) is 10.6. The van der Waals surface area contributed by atoms with Crippen LogP contribution in [0.3, 0.4) is 0 Å². The summed E-state index contributed by atoms with van der Waals surface area (Å²) in [5, 5.41) is 10.9. The minimum Gasteiger partial charge on any atom is -0.350 e. The number of rotatable bonds is 4. The van der Waals surface area contributed by atoms with Gasteiger partial charge in [0.2, 0.25) is 11.9 Å². The Morgan fingerprint density at radius 2 is 1.88 bits per heavy atom. The maximum absolute atomic E-state index is 13.9. The number of fused-ring (bicyclic) bond motifs is 1. The molecule has 0 aliphatic rings. The highest BCUT2D eigenvalue weighted by Gasteiger charge is 2.08. The third-order valence-corrected chi connectivity index (χ3v) is 4.80. The molecule has 9 heteroatoms. The van der Waals surface area contributed by atoms with Crippen LogP contribution in [0.4, 0.5) is 10.3 Å². The highest BCUT2D eigenvalue weighted by Crippen LogP contribution is 2.15. The maximum Gasteiger partial charge on any atom is 0.223 e. The molecule has 8 nitrogen and oxygen atoms in total. The fourth-order valence-electron chi connectivity index (χ4n) is 3.19. The van der Waals surface area contributed by atoms with E-state index < -0.39 is 5.95 Å². The Balaban J connectivity index is 1.35. The van der Waals surface area contributed by atoms with E-state index in [1.54, 1.807) is 36.8 Å². The van der Waals surface area contributed by atoms with Gasteiger partial charge in [0.25, 0.3) is 0 Å². The van der Waals surface area contributed by atoms with Gasteiger partial charge in [0.1, 0.15) is 11.4 Å². The number of halogens is 1. The molecule has 5 rings (SSSR count). The SMILES string of the molecule is Cc1cnc(F)c(CNc2nccc(-c3nccc(C#Cc4ccc5[nH]ncc5c4)n3)n2)c1. The molecule has 2 N–H and O–H groups in total. The van der Waals surface area contributed by atoms with E-state index in [2.05, 4.69) is 52.3 Å².